The zero-order valence-electron chi connectivity index (χ0n) is 16.6. The van der Waals surface area contributed by atoms with Crippen molar-refractivity contribution in [2.24, 2.45) is 0 Å². The number of hydrogen-bond donors (Lipinski definition) is 1. The minimum absolute atomic E-state index is 0.0523. The van der Waals surface area contributed by atoms with Crippen molar-refractivity contribution in [1.29, 1.82) is 0 Å². The first kappa shape index (κ1) is 22.6. The molecule has 0 aliphatic heterocycles. The van der Waals surface area contributed by atoms with Gasteiger partial charge in [0.25, 0.3) is 0 Å². The average molecular weight is 453 g/mol. The third kappa shape index (κ3) is 5.55. The van der Waals surface area contributed by atoms with Crippen LogP contribution in [-0.2, 0) is 19.3 Å². The van der Waals surface area contributed by atoms with Crippen LogP contribution in [0.4, 0.5) is 24.8 Å². The molecule has 0 aliphatic rings. The normalized spacial score (nSPS) is 11.5. The largest absolute Gasteiger partial charge is 0.416 e. The predicted octanol–water partition coefficient (Wildman–Crippen LogP) is 4.67. The number of rotatable bonds is 7. The molecule has 10 heteroatoms. The van der Waals surface area contributed by atoms with Gasteiger partial charge in [0.15, 0.2) is 0 Å². The van der Waals surface area contributed by atoms with Gasteiger partial charge in [0, 0.05) is 17.3 Å². The van der Waals surface area contributed by atoms with Crippen LogP contribution in [0.2, 0.25) is 5.02 Å². The first-order valence-electron chi connectivity index (χ1n) is 9.59. The molecule has 0 saturated heterocycles. The number of unbranched alkanes of at least 4 members (excludes halogenated alkanes) is 1. The molecule has 0 amide bonds. The van der Waals surface area contributed by atoms with Gasteiger partial charge in [-0.25, -0.2) is 14.2 Å². The van der Waals surface area contributed by atoms with Crippen LogP contribution in [0.1, 0.15) is 30.9 Å². The molecule has 0 atom stereocenters. The number of hydrogen-bond acceptors (Lipinski definition) is 4. The molecule has 1 aromatic heterocycles. The summed E-state index contributed by atoms with van der Waals surface area (Å²) in [5.74, 6) is -0.142. The van der Waals surface area contributed by atoms with Gasteiger partial charge in [0.2, 0.25) is 5.95 Å². The van der Waals surface area contributed by atoms with Crippen LogP contribution >= 0.6 is 11.6 Å². The number of benzene rings is 2. The summed E-state index contributed by atoms with van der Waals surface area (Å²) < 4.78 is 41.4. The minimum atomic E-state index is -4.53. The molecule has 1 N–H and O–H groups in total. The van der Waals surface area contributed by atoms with Crippen molar-refractivity contribution in [2.75, 3.05) is 5.32 Å². The summed E-state index contributed by atoms with van der Waals surface area (Å²) in [4.78, 5) is 29.4. The van der Waals surface area contributed by atoms with E-state index in [1.54, 1.807) is 24.3 Å². The van der Waals surface area contributed by atoms with Crippen LogP contribution in [0.3, 0.4) is 0 Å². The summed E-state index contributed by atoms with van der Waals surface area (Å²) in [6.45, 7) is 2.18. The second kappa shape index (κ2) is 9.38. The summed E-state index contributed by atoms with van der Waals surface area (Å²) in [6, 6.07) is 11.2. The van der Waals surface area contributed by atoms with E-state index in [4.69, 9.17) is 11.6 Å². The van der Waals surface area contributed by atoms with Gasteiger partial charge in [0.05, 0.1) is 12.1 Å². The Morgan fingerprint density at radius 1 is 1.06 bits per heavy atom. The van der Waals surface area contributed by atoms with E-state index in [9.17, 15) is 22.8 Å². The van der Waals surface area contributed by atoms with Crippen molar-refractivity contribution in [3.05, 3.63) is 85.6 Å². The molecule has 0 fully saturated rings. The molecular weight excluding hydrogens is 433 g/mol. The zero-order chi connectivity index (χ0) is 22.6. The van der Waals surface area contributed by atoms with E-state index in [0.717, 1.165) is 23.1 Å². The monoisotopic (exact) mass is 452 g/mol. The number of halogens is 4. The van der Waals surface area contributed by atoms with Gasteiger partial charge in [-0.3, -0.25) is 4.57 Å². The number of anilines is 2. The lowest BCUT2D eigenvalue weighted by molar-refractivity contribution is -0.137. The van der Waals surface area contributed by atoms with Gasteiger partial charge in [-0.05, 0) is 42.3 Å². The SMILES string of the molecule is CCCCn1c(=O)nc(Nc2cccc(C(F)(F)F)c2)n(Cc2ccc(Cl)cc2)c1=O. The Morgan fingerprint density at radius 3 is 2.42 bits per heavy atom. The third-order valence-electron chi connectivity index (χ3n) is 4.59. The topological polar surface area (TPSA) is 68.9 Å². The van der Waals surface area contributed by atoms with Crippen LogP contribution in [0.25, 0.3) is 0 Å². The second-order valence-electron chi connectivity index (χ2n) is 6.92. The van der Waals surface area contributed by atoms with Crippen LogP contribution in [0, 0.1) is 0 Å². The van der Waals surface area contributed by atoms with E-state index in [0.29, 0.717) is 17.0 Å². The molecule has 0 unspecified atom stereocenters. The summed E-state index contributed by atoms with van der Waals surface area (Å²) in [5.41, 5.74) is -1.46. The fourth-order valence-electron chi connectivity index (χ4n) is 2.95. The lowest BCUT2D eigenvalue weighted by atomic mass is 10.2. The highest BCUT2D eigenvalue weighted by atomic mass is 35.5. The molecule has 3 aromatic rings. The molecule has 31 heavy (non-hydrogen) atoms. The lowest BCUT2D eigenvalue weighted by Crippen LogP contribution is -2.42. The maximum atomic E-state index is 13.0. The summed E-state index contributed by atoms with van der Waals surface area (Å²) in [6.07, 6.45) is -3.15. The van der Waals surface area contributed by atoms with Gasteiger partial charge < -0.3 is 5.32 Å². The van der Waals surface area contributed by atoms with Crippen molar-refractivity contribution in [3.63, 3.8) is 0 Å². The van der Waals surface area contributed by atoms with Crippen molar-refractivity contribution < 1.29 is 13.2 Å². The highest BCUT2D eigenvalue weighted by Crippen LogP contribution is 2.31. The Bertz CT molecular complexity index is 1170. The van der Waals surface area contributed by atoms with E-state index in [2.05, 4.69) is 10.3 Å². The molecule has 164 valence electrons. The van der Waals surface area contributed by atoms with Crippen molar-refractivity contribution >= 4 is 23.2 Å². The van der Waals surface area contributed by atoms with E-state index in [1.807, 2.05) is 6.92 Å². The molecule has 0 spiro atoms. The zero-order valence-corrected chi connectivity index (χ0v) is 17.4. The maximum Gasteiger partial charge on any atom is 0.416 e. The standard InChI is InChI=1S/C21H20ClF3N4O2/c1-2-3-11-28-19(30)27-18(26-17-6-4-5-15(12-17)21(23,24)25)29(20(28)31)13-14-7-9-16(22)10-8-14/h4-10,12H,2-3,11,13H2,1H3,(H,26,27,30). The second-order valence-corrected chi connectivity index (χ2v) is 7.36. The van der Waals surface area contributed by atoms with E-state index < -0.39 is 23.1 Å². The quantitative estimate of drug-likeness (QED) is 0.565. The summed E-state index contributed by atoms with van der Waals surface area (Å²) in [7, 11) is 0. The highest BCUT2D eigenvalue weighted by Gasteiger charge is 2.30. The van der Waals surface area contributed by atoms with Crippen LogP contribution < -0.4 is 16.7 Å². The van der Waals surface area contributed by atoms with Gasteiger partial charge >= 0.3 is 17.6 Å². The maximum absolute atomic E-state index is 13.0. The molecule has 0 bridgehead atoms. The number of aromatic nitrogens is 3. The fraction of sp³-hybridized carbons (Fsp3) is 0.286. The number of nitrogens with one attached hydrogen (secondary N) is 1. The smallest absolute Gasteiger partial charge is 0.325 e. The predicted molar refractivity (Wildman–Crippen MR) is 113 cm³/mol. The number of alkyl halides is 3. The van der Waals surface area contributed by atoms with Crippen molar-refractivity contribution in [3.8, 4) is 0 Å². The van der Waals surface area contributed by atoms with Gasteiger partial charge in [-0.2, -0.15) is 18.2 Å². The minimum Gasteiger partial charge on any atom is -0.325 e. The highest BCUT2D eigenvalue weighted by molar-refractivity contribution is 6.30. The first-order valence-corrected chi connectivity index (χ1v) is 9.97. The van der Waals surface area contributed by atoms with E-state index in [1.165, 1.54) is 16.7 Å². The molecule has 1 heterocycles. The third-order valence-corrected chi connectivity index (χ3v) is 4.84. The van der Waals surface area contributed by atoms with Crippen molar-refractivity contribution in [2.45, 2.75) is 39.0 Å². The molecule has 3 rings (SSSR count). The van der Waals surface area contributed by atoms with E-state index in [-0.39, 0.29) is 24.7 Å². The average Bonchev–Trinajstić information content (AvgIpc) is 2.72. The Kier molecular flexibility index (Phi) is 6.84. The van der Waals surface area contributed by atoms with E-state index >= 15 is 0 Å². The summed E-state index contributed by atoms with van der Waals surface area (Å²) in [5, 5.41) is 3.21. The summed E-state index contributed by atoms with van der Waals surface area (Å²) >= 11 is 5.91. The molecule has 2 aromatic carbocycles. The van der Waals surface area contributed by atoms with Crippen LogP contribution in [0.15, 0.2) is 58.1 Å². The Labute approximate surface area is 180 Å². The fourth-order valence-corrected chi connectivity index (χ4v) is 3.08. The van der Waals surface area contributed by atoms with Gasteiger partial charge in [0.1, 0.15) is 0 Å². The lowest BCUT2D eigenvalue weighted by Gasteiger charge is -2.16. The van der Waals surface area contributed by atoms with Gasteiger partial charge in [-0.1, -0.05) is 43.1 Å². The molecule has 0 aliphatic carbocycles. The van der Waals surface area contributed by atoms with Gasteiger partial charge in [-0.15, -0.1) is 0 Å². The molecule has 0 radical (unpaired) electrons. The molecule has 0 saturated carbocycles. The number of nitrogens with zero attached hydrogens (tertiary/aromatic N) is 3. The van der Waals surface area contributed by atoms with Crippen molar-refractivity contribution in [1.82, 2.24) is 14.1 Å². The first-order chi connectivity index (χ1) is 14.7. The Morgan fingerprint density at radius 2 is 1.77 bits per heavy atom. The Hall–Kier alpha value is -3.07. The van der Waals surface area contributed by atoms with Crippen LogP contribution in [0.5, 0.6) is 0 Å². The van der Waals surface area contributed by atoms with Crippen LogP contribution in [-0.4, -0.2) is 14.1 Å². The molecular formula is C21H20ClF3N4O2. The Balaban J connectivity index is 2.07. The molecule has 6 nitrogen and oxygen atoms in total.